The molecule has 1 aromatic carbocycles. The van der Waals surface area contributed by atoms with E-state index in [0.29, 0.717) is 11.8 Å². The lowest BCUT2D eigenvalue weighted by molar-refractivity contribution is 0.211. The molecule has 0 unspecified atom stereocenters. The van der Waals surface area contributed by atoms with Gasteiger partial charge in [0.2, 0.25) is 0 Å². The van der Waals surface area contributed by atoms with Crippen molar-refractivity contribution >= 4 is 21.6 Å². The van der Waals surface area contributed by atoms with Crippen LogP contribution in [0.15, 0.2) is 22.7 Å². The quantitative estimate of drug-likeness (QED) is 0.800. The zero-order chi connectivity index (χ0) is 13.7. The molecule has 0 aliphatic carbocycles. The van der Waals surface area contributed by atoms with Crippen LogP contribution in [0.4, 0.5) is 5.69 Å². The summed E-state index contributed by atoms with van der Waals surface area (Å²) in [4.78, 5) is 2.52. The lowest BCUT2D eigenvalue weighted by atomic mass is 10.1. The zero-order valence-corrected chi connectivity index (χ0v) is 13.5. The summed E-state index contributed by atoms with van der Waals surface area (Å²) in [5.74, 6) is 1.39. The fourth-order valence-corrected chi connectivity index (χ4v) is 2.59. The van der Waals surface area contributed by atoms with E-state index in [1.165, 1.54) is 5.56 Å². The van der Waals surface area contributed by atoms with Crippen LogP contribution in [-0.4, -0.2) is 18.0 Å². The van der Waals surface area contributed by atoms with E-state index in [1.54, 1.807) is 0 Å². The van der Waals surface area contributed by atoms with E-state index in [1.807, 2.05) is 6.07 Å². The zero-order valence-electron chi connectivity index (χ0n) is 11.9. The highest BCUT2D eigenvalue weighted by Crippen LogP contribution is 2.21. The summed E-state index contributed by atoms with van der Waals surface area (Å²) in [5.41, 5.74) is 7.94. The summed E-state index contributed by atoms with van der Waals surface area (Å²) < 4.78 is 0.994. The molecule has 0 heterocycles. The second kappa shape index (κ2) is 7.15. The largest absolute Gasteiger partial charge is 0.398 e. The third-order valence-corrected chi connectivity index (χ3v) is 3.40. The summed E-state index contributed by atoms with van der Waals surface area (Å²) in [7, 11) is 0. The molecule has 2 nitrogen and oxygen atoms in total. The van der Waals surface area contributed by atoms with Crippen LogP contribution in [-0.2, 0) is 6.54 Å². The summed E-state index contributed by atoms with van der Waals surface area (Å²) in [5, 5.41) is 0. The molecule has 2 N–H and O–H groups in total. The van der Waals surface area contributed by atoms with E-state index in [9.17, 15) is 0 Å². The first-order chi connectivity index (χ1) is 8.38. The molecule has 0 aromatic heterocycles. The van der Waals surface area contributed by atoms with Crippen molar-refractivity contribution in [1.82, 2.24) is 4.90 Å². The molecule has 0 spiro atoms. The Hall–Kier alpha value is -0.540. The second-order valence-corrected chi connectivity index (χ2v) is 6.69. The molecule has 0 saturated heterocycles. The number of rotatable bonds is 6. The number of nitrogens with zero attached hydrogens (tertiary/aromatic N) is 1. The molecular formula is C15H25BrN2. The minimum absolute atomic E-state index is 0.695. The van der Waals surface area contributed by atoms with Crippen LogP contribution in [0.1, 0.15) is 33.3 Å². The van der Waals surface area contributed by atoms with Gasteiger partial charge < -0.3 is 5.73 Å². The Balaban J connectivity index is 2.71. The van der Waals surface area contributed by atoms with Crippen LogP contribution in [0.2, 0.25) is 0 Å². The van der Waals surface area contributed by atoms with Gasteiger partial charge >= 0.3 is 0 Å². The molecule has 0 atom stereocenters. The van der Waals surface area contributed by atoms with E-state index in [2.05, 4.69) is 60.7 Å². The molecule has 3 heteroatoms. The van der Waals surface area contributed by atoms with Crippen LogP contribution in [0.25, 0.3) is 0 Å². The van der Waals surface area contributed by atoms with Crippen molar-refractivity contribution in [3.63, 3.8) is 0 Å². The van der Waals surface area contributed by atoms with Crippen LogP contribution in [0.5, 0.6) is 0 Å². The summed E-state index contributed by atoms with van der Waals surface area (Å²) in [6.45, 7) is 12.4. The fourth-order valence-electron chi connectivity index (χ4n) is 2.16. The van der Waals surface area contributed by atoms with Crippen LogP contribution in [0, 0.1) is 11.8 Å². The Labute approximate surface area is 120 Å². The smallest absolute Gasteiger partial charge is 0.0458 e. The van der Waals surface area contributed by atoms with E-state index in [4.69, 9.17) is 5.73 Å². The second-order valence-electron chi connectivity index (χ2n) is 5.84. The highest BCUT2D eigenvalue weighted by molar-refractivity contribution is 9.10. The molecule has 0 aliphatic rings. The van der Waals surface area contributed by atoms with Gasteiger partial charge in [-0.05, 0) is 45.5 Å². The lowest BCUT2D eigenvalue weighted by Crippen LogP contribution is -2.30. The average Bonchev–Trinajstić information content (AvgIpc) is 2.21. The van der Waals surface area contributed by atoms with Crippen molar-refractivity contribution in [2.45, 2.75) is 34.2 Å². The molecule has 0 amide bonds. The minimum atomic E-state index is 0.695. The number of hydrogen-bond donors (Lipinski definition) is 1. The van der Waals surface area contributed by atoms with Crippen molar-refractivity contribution in [3.8, 4) is 0 Å². The molecule has 102 valence electrons. The first-order valence-electron chi connectivity index (χ1n) is 6.64. The highest BCUT2D eigenvalue weighted by atomic mass is 79.9. The number of halogens is 1. The van der Waals surface area contributed by atoms with Crippen molar-refractivity contribution in [2.75, 3.05) is 18.8 Å². The minimum Gasteiger partial charge on any atom is -0.398 e. The molecule has 0 aliphatic heterocycles. The van der Waals surface area contributed by atoms with Crippen molar-refractivity contribution < 1.29 is 0 Å². The van der Waals surface area contributed by atoms with Gasteiger partial charge in [0.05, 0.1) is 0 Å². The van der Waals surface area contributed by atoms with Crippen molar-refractivity contribution in [3.05, 3.63) is 28.2 Å². The van der Waals surface area contributed by atoms with Crippen LogP contribution < -0.4 is 5.73 Å². The third kappa shape index (κ3) is 5.40. The van der Waals surface area contributed by atoms with E-state index < -0.39 is 0 Å². The van der Waals surface area contributed by atoms with Gasteiger partial charge in [0, 0.05) is 29.8 Å². The van der Waals surface area contributed by atoms with E-state index in [0.717, 1.165) is 29.8 Å². The molecule has 1 aromatic rings. The summed E-state index contributed by atoms with van der Waals surface area (Å²) in [6.07, 6.45) is 0. The van der Waals surface area contributed by atoms with Gasteiger partial charge in [-0.2, -0.15) is 0 Å². The number of nitrogens with two attached hydrogens (primary N) is 1. The van der Waals surface area contributed by atoms with Crippen molar-refractivity contribution in [2.24, 2.45) is 11.8 Å². The van der Waals surface area contributed by atoms with Crippen molar-refractivity contribution in [1.29, 1.82) is 0 Å². The number of anilines is 1. The van der Waals surface area contributed by atoms with E-state index in [-0.39, 0.29) is 0 Å². The Morgan fingerprint density at radius 3 is 2.11 bits per heavy atom. The van der Waals surface area contributed by atoms with Crippen LogP contribution >= 0.6 is 15.9 Å². The fraction of sp³-hybridized carbons (Fsp3) is 0.600. The molecule has 0 radical (unpaired) electrons. The summed E-state index contributed by atoms with van der Waals surface area (Å²) in [6, 6.07) is 6.22. The molecule has 1 rings (SSSR count). The molecule has 0 saturated carbocycles. The third-order valence-electron chi connectivity index (χ3n) is 2.72. The molecule has 18 heavy (non-hydrogen) atoms. The number of benzene rings is 1. The average molecular weight is 313 g/mol. The van der Waals surface area contributed by atoms with Gasteiger partial charge in [0.15, 0.2) is 0 Å². The predicted molar refractivity (Wildman–Crippen MR) is 83.5 cm³/mol. The maximum absolute atomic E-state index is 5.82. The van der Waals surface area contributed by atoms with Gasteiger partial charge in [-0.3, -0.25) is 4.90 Å². The van der Waals surface area contributed by atoms with Gasteiger partial charge in [-0.15, -0.1) is 0 Å². The SMILES string of the molecule is CC(C)CN(Cc1ccc(N)c(Br)c1)CC(C)C. The molecule has 0 bridgehead atoms. The van der Waals surface area contributed by atoms with E-state index >= 15 is 0 Å². The number of hydrogen-bond acceptors (Lipinski definition) is 2. The maximum Gasteiger partial charge on any atom is 0.0458 e. The number of nitrogen functional groups attached to an aromatic ring is 1. The Kier molecular flexibility index (Phi) is 6.16. The predicted octanol–water partition coefficient (Wildman–Crippen LogP) is 4.15. The lowest BCUT2D eigenvalue weighted by Gasteiger charge is -2.26. The molecular weight excluding hydrogens is 288 g/mol. The standard InChI is InChI=1S/C15H25BrN2/c1-11(2)8-18(9-12(3)4)10-13-5-6-15(17)14(16)7-13/h5-7,11-12H,8-10,17H2,1-4H3. The monoisotopic (exact) mass is 312 g/mol. The molecule has 0 fully saturated rings. The Morgan fingerprint density at radius 2 is 1.67 bits per heavy atom. The van der Waals surface area contributed by atoms with Gasteiger partial charge in [0.25, 0.3) is 0 Å². The van der Waals surface area contributed by atoms with Gasteiger partial charge in [-0.25, -0.2) is 0 Å². The Bertz CT molecular complexity index is 365. The topological polar surface area (TPSA) is 29.3 Å². The Morgan fingerprint density at radius 1 is 1.11 bits per heavy atom. The highest BCUT2D eigenvalue weighted by Gasteiger charge is 2.10. The first-order valence-corrected chi connectivity index (χ1v) is 7.44. The van der Waals surface area contributed by atoms with Crippen LogP contribution in [0.3, 0.4) is 0 Å². The van der Waals surface area contributed by atoms with Gasteiger partial charge in [0.1, 0.15) is 0 Å². The maximum atomic E-state index is 5.82. The summed E-state index contributed by atoms with van der Waals surface area (Å²) >= 11 is 3.49. The first kappa shape index (κ1) is 15.5. The normalized spacial score (nSPS) is 11.8. The van der Waals surface area contributed by atoms with Gasteiger partial charge in [-0.1, -0.05) is 33.8 Å².